The molecule has 0 unspecified atom stereocenters. The van der Waals surface area contributed by atoms with Crippen LogP contribution in [0, 0.1) is 0 Å². The van der Waals surface area contributed by atoms with E-state index in [2.05, 4.69) is 28.0 Å². The van der Waals surface area contributed by atoms with E-state index in [4.69, 9.17) is 14.2 Å². The van der Waals surface area contributed by atoms with Crippen molar-refractivity contribution in [3.63, 3.8) is 0 Å². The van der Waals surface area contributed by atoms with Crippen molar-refractivity contribution >= 4 is 11.6 Å². The zero-order valence-corrected chi connectivity index (χ0v) is 18.5. The van der Waals surface area contributed by atoms with E-state index in [-0.39, 0.29) is 5.91 Å². The molecule has 32 heavy (non-hydrogen) atoms. The summed E-state index contributed by atoms with van der Waals surface area (Å²) in [6.45, 7) is 9.33. The molecular weight excluding hydrogens is 406 g/mol. The normalized spacial score (nSPS) is 19.8. The first kappa shape index (κ1) is 21.2. The summed E-state index contributed by atoms with van der Waals surface area (Å²) >= 11 is 0. The number of carbonyl (C=O) groups is 1. The minimum Gasteiger partial charge on any atom is -0.491 e. The van der Waals surface area contributed by atoms with E-state index in [1.165, 1.54) is 5.56 Å². The van der Waals surface area contributed by atoms with E-state index in [1.54, 1.807) is 0 Å². The molecule has 0 radical (unpaired) electrons. The topological polar surface area (TPSA) is 54.5 Å². The van der Waals surface area contributed by atoms with Crippen molar-refractivity contribution in [2.45, 2.75) is 13.1 Å². The van der Waals surface area contributed by atoms with E-state index >= 15 is 0 Å². The number of hydrogen-bond donors (Lipinski definition) is 0. The highest BCUT2D eigenvalue weighted by Gasteiger charge is 2.22. The second kappa shape index (κ2) is 9.90. The molecule has 2 aromatic rings. The lowest BCUT2D eigenvalue weighted by molar-refractivity contribution is 0.0341. The van der Waals surface area contributed by atoms with E-state index in [9.17, 15) is 4.79 Å². The van der Waals surface area contributed by atoms with Gasteiger partial charge in [0.05, 0.1) is 33.0 Å². The predicted octanol–water partition coefficient (Wildman–Crippen LogP) is 2.39. The Bertz CT molecular complexity index is 921. The Morgan fingerprint density at radius 2 is 1.53 bits per heavy atom. The predicted molar refractivity (Wildman–Crippen MR) is 122 cm³/mol. The van der Waals surface area contributed by atoms with Gasteiger partial charge in [-0.3, -0.25) is 9.69 Å². The molecule has 0 saturated carbocycles. The Hall–Kier alpha value is -2.61. The summed E-state index contributed by atoms with van der Waals surface area (Å²) in [4.78, 5) is 19.9. The van der Waals surface area contributed by atoms with Crippen LogP contribution in [0.15, 0.2) is 42.5 Å². The molecule has 0 N–H and O–H groups in total. The lowest BCUT2D eigenvalue weighted by Gasteiger charge is -2.29. The van der Waals surface area contributed by atoms with Gasteiger partial charge in [-0.1, -0.05) is 6.07 Å². The van der Waals surface area contributed by atoms with Crippen molar-refractivity contribution in [3.05, 3.63) is 59.2 Å². The number of carbonyl (C=O) groups excluding carboxylic acids is 1. The van der Waals surface area contributed by atoms with Gasteiger partial charge < -0.3 is 24.0 Å². The fourth-order valence-electron chi connectivity index (χ4n) is 4.56. The number of hydrogen-bond acceptors (Lipinski definition) is 6. The zero-order chi connectivity index (χ0) is 21.8. The maximum absolute atomic E-state index is 13.3. The molecule has 0 aromatic heterocycles. The largest absolute Gasteiger partial charge is 0.491 e. The lowest BCUT2D eigenvalue weighted by Crippen LogP contribution is -2.36. The monoisotopic (exact) mass is 437 g/mol. The highest BCUT2D eigenvalue weighted by molar-refractivity contribution is 5.94. The third-order valence-electron chi connectivity index (χ3n) is 6.39. The summed E-state index contributed by atoms with van der Waals surface area (Å²) in [5.41, 5.74) is 4.18. The maximum atomic E-state index is 13.3. The Kier molecular flexibility index (Phi) is 6.57. The second-order valence-corrected chi connectivity index (χ2v) is 8.55. The first-order chi connectivity index (χ1) is 15.8. The third-order valence-corrected chi connectivity index (χ3v) is 6.39. The highest BCUT2D eigenvalue weighted by Crippen LogP contribution is 2.26. The van der Waals surface area contributed by atoms with Crippen LogP contribution < -0.4 is 9.64 Å². The molecule has 0 spiro atoms. The molecule has 3 aliphatic heterocycles. The van der Waals surface area contributed by atoms with Gasteiger partial charge in [-0.2, -0.15) is 0 Å². The standard InChI is InChI=1S/C25H31N3O4/c29-25(21-2-4-23(5-3-21)27-9-14-31-15-10-27)28-11-16-32-24-6-1-20(17-22(24)19-28)18-26-7-12-30-13-8-26/h1-6,17H,7-16,18-19H2. The quantitative estimate of drug-likeness (QED) is 0.732. The van der Waals surface area contributed by atoms with Gasteiger partial charge in [0.25, 0.3) is 5.91 Å². The van der Waals surface area contributed by atoms with Gasteiger partial charge in [0.1, 0.15) is 12.4 Å². The van der Waals surface area contributed by atoms with Crippen molar-refractivity contribution in [1.29, 1.82) is 0 Å². The Morgan fingerprint density at radius 3 is 2.28 bits per heavy atom. The highest BCUT2D eigenvalue weighted by atomic mass is 16.5. The average Bonchev–Trinajstić information content (AvgIpc) is 3.07. The molecule has 2 saturated heterocycles. The van der Waals surface area contributed by atoms with Gasteiger partial charge >= 0.3 is 0 Å². The zero-order valence-electron chi connectivity index (χ0n) is 18.5. The van der Waals surface area contributed by atoms with Crippen LogP contribution in [0.25, 0.3) is 0 Å². The number of anilines is 1. The van der Waals surface area contributed by atoms with E-state index in [1.807, 2.05) is 29.2 Å². The Morgan fingerprint density at radius 1 is 0.812 bits per heavy atom. The molecule has 0 aliphatic carbocycles. The summed E-state index contributed by atoms with van der Waals surface area (Å²) in [5, 5.41) is 0. The van der Waals surface area contributed by atoms with Crippen LogP contribution in [0.3, 0.4) is 0 Å². The lowest BCUT2D eigenvalue weighted by atomic mass is 10.1. The average molecular weight is 438 g/mol. The molecule has 7 nitrogen and oxygen atoms in total. The molecule has 2 fully saturated rings. The van der Waals surface area contributed by atoms with E-state index in [0.29, 0.717) is 19.7 Å². The van der Waals surface area contributed by atoms with Crippen LogP contribution in [0.5, 0.6) is 5.75 Å². The molecule has 1 amide bonds. The molecule has 5 rings (SSSR count). The van der Waals surface area contributed by atoms with E-state index < -0.39 is 0 Å². The SMILES string of the molecule is O=C(c1ccc(N2CCOCC2)cc1)N1CCOc2ccc(CN3CCOCC3)cc2C1. The minimum absolute atomic E-state index is 0.0496. The van der Waals surface area contributed by atoms with Crippen LogP contribution in [-0.4, -0.2) is 81.5 Å². The number of ether oxygens (including phenoxy) is 3. The van der Waals surface area contributed by atoms with Gasteiger partial charge in [0.15, 0.2) is 0 Å². The summed E-state index contributed by atoms with van der Waals surface area (Å²) < 4.78 is 16.8. The molecule has 3 heterocycles. The number of rotatable bonds is 4. The van der Waals surface area contributed by atoms with Crippen molar-refractivity contribution in [2.75, 3.05) is 70.7 Å². The van der Waals surface area contributed by atoms with Crippen molar-refractivity contribution < 1.29 is 19.0 Å². The Labute approximate surface area is 189 Å². The van der Waals surface area contributed by atoms with Crippen molar-refractivity contribution in [2.24, 2.45) is 0 Å². The van der Waals surface area contributed by atoms with E-state index in [0.717, 1.165) is 81.7 Å². The first-order valence-corrected chi connectivity index (χ1v) is 11.5. The van der Waals surface area contributed by atoms with Gasteiger partial charge in [-0.05, 0) is 42.0 Å². The number of nitrogens with zero attached hydrogens (tertiary/aromatic N) is 3. The molecule has 170 valence electrons. The number of benzene rings is 2. The van der Waals surface area contributed by atoms with Gasteiger partial charge in [-0.15, -0.1) is 0 Å². The fourth-order valence-corrected chi connectivity index (χ4v) is 4.56. The number of morpholine rings is 2. The second-order valence-electron chi connectivity index (χ2n) is 8.55. The summed E-state index contributed by atoms with van der Waals surface area (Å²) in [6.07, 6.45) is 0. The molecule has 3 aliphatic rings. The number of fused-ring (bicyclic) bond motifs is 1. The fraction of sp³-hybridized carbons (Fsp3) is 0.480. The van der Waals surface area contributed by atoms with Crippen LogP contribution in [0.2, 0.25) is 0 Å². The van der Waals surface area contributed by atoms with Crippen molar-refractivity contribution in [3.8, 4) is 5.75 Å². The summed E-state index contributed by atoms with van der Waals surface area (Å²) in [5.74, 6) is 0.933. The molecule has 0 bridgehead atoms. The number of amides is 1. The van der Waals surface area contributed by atoms with Crippen molar-refractivity contribution in [1.82, 2.24) is 9.80 Å². The maximum Gasteiger partial charge on any atom is 0.254 e. The third kappa shape index (κ3) is 4.90. The van der Waals surface area contributed by atoms with Crippen LogP contribution >= 0.6 is 0 Å². The van der Waals surface area contributed by atoms with Crippen LogP contribution in [-0.2, 0) is 22.6 Å². The Balaban J connectivity index is 1.27. The molecule has 2 aromatic carbocycles. The van der Waals surface area contributed by atoms with Gasteiger partial charge in [0.2, 0.25) is 0 Å². The summed E-state index contributed by atoms with van der Waals surface area (Å²) in [6, 6.07) is 14.3. The van der Waals surface area contributed by atoms with Gasteiger partial charge in [0, 0.05) is 56.1 Å². The van der Waals surface area contributed by atoms with Crippen LogP contribution in [0.1, 0.15) is 21.5 Å². The minimum atomic E-state index is 0.0496. The smallest absolute Gasteiger partial charge is 0.254 e. The molecule has 7 heteroatoms. The molecular formula is C25H31N3O4. The van der Waals surface area contributed by atoms with Crippen LogP contribution in [0.4, 0.5) is 5.69 Å². The first-order valence-electron chi connectivity index (χ1n) is 11.5. The molecule has 0 atom stereocenters. The van der Waals surface area contributed by atoms with Gasteiger partial charge in [-0.25, -0.2) is 0 Å². The summed E-state index contributed by atoms with van der Waals surface area (Å²) in [7, 11) is 0.